The molecule has 0 heterocycles. The SMILES string of the molecule is C=C(/C=C\C(=C)CCC(=C)/C=C\C(=C)CC)CC. The van der Waals surface area contributed by atoms with Crippen molar-refractivity contribution in [3.63, 3.8) is 0 Å². The van der Waals surface area contributed by atoms with Gasteiger partial charge in [0.2, 0.25) is 0 Å². The molecule has 0 aromatic carbocycles. The molecule has 0 spiro atoms. The van der Waals surface area contributed by atoms with Crippen molar-refractivity contribution in [3.05, 3.63) is 72.9 Å². The first-order chi connectivity index (χ1) is 8.49. The number of allylic oxidation sites excluding steroid dienone is 8. The Morgan fingerprint density at radius 1 is 0.611 bits per heavy atom. The van der Waals surface area contributed by atoms with E-state index < -0.39 is 0 Å². The highest BCUT2D eigenvalue weighted by Crippen LogP contribution is 2.13. The molecule has 0 aliphatic rings. The zero-order chi connectivity index (χ0) is 14.0. The van der Waals surface area contributed by atoms with Crippen LogP contribution in [0.1, 0.15) is 39.5 Å². The van der Waals surface area contributed by atoms with E-state index in [1.807, 2.05) is 24.3 Å². The molecule has 0 atom stereocenters. The van der Waals surface area contributed by atoms with Gasteiger partial charge in [-0.25, -0.2) is 0 Å². The molecular weight excluding hydrogens is 216 g/mol. The summed E-state index contributed by atoms with van der Waals surface area (Å²) in [7, 11) is 0. The second kappa shape index (κ2) is 9.47. The zero-order valence-corrected chi connectivity index (χ0v) is 12.0. The van der Waals surface area contributed by atoms with Crippen LogP contribution in [-0.4, -0.2) is 0 Å². The van der Waals surface area contributed by atoms with Crippen LogP contribution >= 0.6 is 0 Å². The molecule has 98 valence electrons. The monoisotopic (exact) mass is 242 g/mol. The minimum absolute atomic E-state index is 0.940. The van der Waals surface area contributed by atoms with Gasteiger partial charge in [-0.15, -0.1) is 0 Å². The minimum Gasteiger partial charge on any atom is -0.0958 e. The molecule has 0 saturated carbocycles. The van der Waals surface area contributed by atoms with Crippen LogP contribution in [0.2, 0.25) is 0 Å². The first-order valence-electron chi connectivity index (χ1n) is 6.56. The van der Waals surface area contributed by atoms with Crippen LogP contribution in [0, 0.1) is 0 Å². The summed E-state index contributed by atoms with van der Waals surface area (Å²) in [6.45, 7) is 20.1. The van der Waals surface area contributed by atoms with Crippen LogP contribution in [0.3, 0.4) is 0 Å². The predicted molar refractivity (Wildman–Crippen MR) is 84.7 cm³/mol. The summed E-state index contributed by atoms with van der Waals surface area (Å²) in [5.74, 6) is 0. The fraction of sp³-hybridized carbons (Fsp3) is 0.333. The van der Waals surface area contributed by atoms with Crippen molar-refractivity contribution < 1.29 is 0 Å². The molecule has 0 nitrogen and oxygen atoms in total. The first kappa shape index (κ1) is 16.4. The second-order valence-corrected chi connectivity index (χ2v) is 4.51. The smallest absolute Gasteiger partial charge is 0.0244 e. The van der Waals surface area contributed by atoms with Gasteiger partial charge in [0.15, 0.2) is 0 Å². The van der Waals surface area contributed by atoms with E-state index in [9.17, 15) is 0 Å². The van der Waals surface area contributed by atoms with E-state index in [1.165, 1.54) is 0 Å². The summed E-state index contributed by atoms with van der Waals surface area (Å²) in [6, 6.07) is 0. The van der Waals surface area contributed by atoms with Crippen LogP contribution < -0.4 is 0 Å². The van der Waals surface area contributed by atoms with Crippen LogP contribution in [-0.2, 0) is 0 Å². The van der Waals surface area contributed by atoms with Crippen molar-refractivity contribution in [1.82, 2.24) is 0 Å². The molecule has 0 unspecified atom stereocenters. The highest BCUT2D eigenvalue weighted by atomic mass is 14.0. The second-order valence-electron chi connectivity index (χ2n) is 4.51. The standard InChI is InChI=1S/C18H26/c1-7-15(3)9-11-17(5)13-14-18(6)12-10-16(4)8-2/h9-12H,3-8,13-14H2,1-2H3/b11-9-,12-10-. The van der Waals surface area contributed by atoms with Crippen molar-refractivity contribution in [2.24, 2.45) is 0 Å². The van der Waals surface area contributed by atoms with Gasteiger partial charge < -0.3 is 0 Å². The maximum Gasteiger partial charge on any atom is -0.0244 e. The molecule has 0 heteroatoms. The lowest BCUT2D eigenvalue weighted by atomic mass is 10.0. The average molecular weight is 242 g/mol. The molecule has 0 rings (SSSR count). The van der Waals surface area contributed by atoms with Crippen molar-refractivity contribution in [2.75, 3.05) is 0 Å². The Balaban J connectivity index is 4.03. The molecule has 0 radical (unpaired) electrons. The average Bonchev–Trinajstić information content (AvgIpc) is 2.39. The van der Waals surface area contributed by atoms with Gasteiger partial charge in [0, 0.05) is 0 Å². The van der Waals surface area contributed by atoms with Crippen molar-refractivity contribution >= 4 is 0 Å². The lowest BCUT2D eigenvalue weighted by molar-refractivity contribution is 0.976. The molecule has 0 amide bonds. The first-order valence-corrected chi connectivity index (χ1v) is 6.56. The summed E-state index contributed by atoms with van der Waals surface area (Å²) in [4.78, 5) is 0. The van der Waals surface area contributed by atoms with Crippen molar-refractivity contribution in [2.45, 2.75) is 39.5 Å². The minimum atomic E-state index is 0.940. The van der Waals surface area contributed by atoms with Crippen molar-refractivity contribution in [1.29, 1.82) is 0 Å². The highest BCUT2D eigenvalue weighted by molar-refractivity contribution is 5.27. The van der Waals surface area contributed by atoms with Crippen molar-refractivity contribution in [3.8, 4) is 0 Å². The van der Waals surface area contributed by atoms with Gasteiger partial charge in [-0.05, 0) is 25.7 Å². The molecular formula is C18H26. The lowest BCUT2D eigenvalue weighted by Gasteiger charge is -2.01. The Bertz CT molecular complexity index is 337. The zero-order valence-electron chi connectivity index (χ0n) is 12.0. The summed E-state index contributed by atoms with van der Waals surface area (Å²) < 4.78 is 0. The summed E-state index contributed by atoms with van der Waals surface area (Å²) in [5, 5.41) is 0. The van der Waals surface area contributed by atoms with Gasteiger partial charge >= 0.3 is 0 Å². The largest absolute Gasteiger partial charge is 0.0958 e. The topological polar surface area (TPSA) is 0 Å². The van der Waals surface area contributed by atoms with Gasteiger partial charge in [-0.3, -0.25) is 0 Å². The molecule has 0 aromatic heterocycles. The van der Waals surface area contributed by atoms with Gasteiger partial charge in [0.05, 0.1) is 0 Å². The van der Waals surface area contributed by atoms with E-state index in [-0.39, 0.29) is 0 Å². The van der Waals surface area contributed by atoms with E-state index in [4.69, 9.17) is 0 Å². The Morgan fingerprint density at radius 3 is 1.17 bits per heavy atom. The molecule has 0 aromatic rings. The molecule has 0 bridgehead atoms. The lowest BCUT2D eigenvalue weighted by Crippen LogP contribution is -1.82. The van der Waals surface area contributed by atoms with E-state index in [0.717, 1.165) is 48.0 Å². The third kappa shape index (κ3) is 8.58. The normalized spacial score (nSPS) is 11.0. The highest BCUT2D eigenvalue weighted by Gasteiger charge is 1.93. The molecule has 0 aliphatic carbocycles. The van der Waals surface area contributed by atoms with Gasteiger partial charge in [-0.2, -0.15) is 0 Å². The number of hydrogen-bond acceptors (Lipinski definition) is 0. The molecule has 0 saturated heterocycles. The molecule has 0 N–H and O–H groups in total. The summed E-state index contributed by atoms with van der Waals surface area (Å²) in [6.07, 6.45) is 12.0. The van der Waals surface area contributed by atoms with Gasteiger partial charge in [-0.1, -0.05) is 86.8 Å². The quantitative estimate of drug-likeness (QED) is 0.440. The van der Waals surface area contributed by atoms with E-state index in [1.54, 1.807) is 0 Å². The maximum absolute atomic E-state index is 4.03. The summed E-state index contributed by atoms with van der Waals surface area (Å²) >= 11 is 0. The van der Waals surface area contributed by atoms with Crippen LogP contribution in [0.15, 0.2) is 72.9 Å². The van der Waals surface area contributed by atoms with Crippen LogP contribution in [0.25, 0.3) is 0 Å². The third-order valence-corrected chi connectivity index (χ3v) is 2.78. The molecule has 0 aliphatic heterocycles. The van der Waals surface area contributed by atoms with E-state index >= 15 is 0 Å². The van der Waals surface area contributed by atoms with E-state index in [2.05, 4.69) is 40.2 Å². The number of hydrogen-bond donors (Lipinski definition) is 0. The number of rotatable bonds is 9. The Hall–Kier alpha value is -1.56. The fourth-order valence-electron chi connectivity index (χ4n) is 1.19. The van der Waals surface area contributed by atoms with E-state index in [0.29, 0.717) is 0 Å². The van der Waals surface area contributed by atoms with Crippen LogP contribution in [0.5, 0.6) is 0 Å². The van der Waals surface area contributed by atoms with Gasteiger partial charge in [0.25, 0.3) is 0 Å². The van der Waals surface area contributed by atoms with Gasteiger partial charge in [0.1, 0.15) is 0 Å². The summed E-state index contributed by atoms with van der Waals surface area (Å²) in [5.41, 5.74) is 4.50. The predicted octanol–water partition coefficient (Wildman–Crippen LogP) is 5.92. The van der Waals surface area contributed by atoms with Crippen LogP contribution in [0.4, 0.5) is 0 Å². The Labute approximate surface area is 113 Å². The Morgan fingerprint density at radius 2 is 0.889 bits per heavy atom. The fourth-order valence-corrected chi connectivity index (χ4v) is 1.19. The maximum atomic E-state index is 4.03. The molecule has 0 fully saturated rings. The third-order valence-electron chi connectivity index (χ3n) is 2.78. The Kier molecular flexibility index (Phi) is 8.65. The molecule has 18 heavy (non-hydrogen) atoms.